The van der Waals surface area contributed by atoms with Gasteiger partial charge in [0.2, 0.25) is 5.91 Å². The summed E-state index contributed by atoms with van der Waals surface area (Å²) < 4.78 is 0. The average Bonchev–Trinajstić information content (AvgIpc) is 2.96. The number of urea groups is 1. The molecule has 1 saturated carbocycles. The third-order valence-electron chi connectivity index (χ3n) is 6.09. The highest BCUT2D eigenvalue weighted by atomic mass is 16.2. The van der Waals surface area contributed by atoms with Gasteiger partial charge >= 0.3 is 6.03 Å². The van der Waals surface area contributed by atoms with Gasteiger partial charge in [0.25, 0.3) is 5.91 Å². The van der Waals surface area contributed by atoms with E-state index in [-0.39, 0.29) is 18.2 Å². The molecule has 4 rings (SSSR count). The zero-order valence-electron chi connectivity index (χ0n) is 17.3. The van der Waals surface area contributed by atoms with Gasteiger partial charge < -0.3 is 10.2 Å². The number of imide groups is 1. The Bertz CT molecular complexity index is 968. The van der Waals surface area contributed by atoms with Gasteiger partial charge in [-0.1, -0.05) is 55.7 Å². The molecule has 0 radical (unpaired) electrons. The number of nitrogens with zero attached hydrogens (tertiary/aromatic N) is 2. The lowest BCUT2D eigenvalue weighted by molar-refractivity contribution is -0.140. The van der Waals surface area contributed by atoms with Gasteiger partial charge in [-0.15, -0.1) is 0 Å². The van der Waals surface area contributed by atoms with Crippen LogP contribution in [0.25, 0.3) is 10.8 Å². The molecule has 0 unspecified atom stereocenters. The molecule has 1 aliphatic heterocycles. The lowest BCUT2D eigenvalue weighted by Gasteiger charge is -2.30. The van der Waals surface area contributed by atoms with Gasteiger partial charge in [0.1, 0.15) is 5.54 Å². The van der Waals surface area contributed by atoms with Gasteiger partial charge in [0.05, 0.1) is 0 Å². The number of rotatable bonds is 6. The molecule has 7 heteroatoms. The maximum Gasteiger partial charge on any atom is 0.344 e. The van der Waals surface area contributed by atoms with Crippen molar-refractivity contribution in [3.63, 3.8) is 0 Å². The van der Waals surface area contributed by atoms with Gasteiger partial charge in [-0.05, 0) is 42.3 Å². The van der Waals surface area contributed by atoms with Gasteiger partial charge in [-0.3, -0.25) is 15.0 Å². The molecule has 2 fully saturated rings. The van der Waals surface area contributed by atoms with Crippen LogP contribution in [0.2, 0.25) is 0 Å². The van der Waals surface area contributed by atoms with Gasteiger partial charge in [0, 0.05) is 19.5 Å². The van der Waals surface area contributed by atoms with Gasteiger partial charge in [-0.25, -0.2) is 4.79 Å². The second kappa shape index (κ2) is 8.44. The van der Waals surface area contributed by atoms with Crippen molar-refractivity contribution < 1.29 is 14.4 Å². The number of carbonyl (C=O) groups excluding carboxylic acids is 3. The third-order valence-corrected chi connectivity index (χ3v) is 6.09. The van der Waals surface area contributed by atoms with Crippen LogP contribution in [0.3, 0.4) is 0 Å². The molecule has 1 spiro atoms. The smallest absolute Gasteiger partial charge is 0.322 e. The molecule has 0 atom stereocenters. The molecule has 2 aromatic rings. The van der Waals surface area contributed by atoms with Crippen molar-refractivity contribution in [2.45, 2.75) is 50.6 Å². The van der Waals surface area contributed by atoms with E-state index in [4.69, 9.17) is 0 Å². The molecular formula is C23H28N4O3. The fraction of sp³-hybridized carbons (Fsp3) is 0.435. The van der Waals surface area contributed by atoms with E-state index in [1.807, 2.05) is 19.2 Å². The summed E-state index contributed by atoms with van der Waals surface area (Å²) in [5, 5.41) is 6.06. The van der Waals surface area contributed by atoms with E-state index in [1.54, 1.807) is 0 Å². The summed E-state index contributed by atoms with van der Waals surface area (Å²) in [5.74, 6) is -0.665. The van der Waals surface area contributed by atoms with Crippen LogP contribution in [0.1, 0.15) is 44.1 Å². The molecule has 2 aliphatic rings. The second-order valence-electron chi connectivity index (χ2n) is 8.42. The van der Waals surface area contributed by atoms with Crippen molar-refractivity contribution in [2.75, 3.05) is 13.6 Å². The van der Waals surface area contributed by atoms with Crippen molar-refractivity contribution in [1.29, 1.82) is 0 Å². The second-order valence-corrected chi connectivity index (χ2v) is 8.42. The molecule has 0 bridgehead atoms. The van der Waals surface area contributed by atoms with E-state index in [1.165, 1.54) is 16.3 Å². The van der Waals surface area contributed by atoms with Gasteiger partial charge in [-0.2, -0.15) is 5.01 Å². The number of hydrogen-bond donors (Lipinski definition) is 2. The Balaban J connectivity index is 1.28. The minimum Gasteiger partial charge on any atom is -0.322 e. The summed E-state index contributed by atoms with van der Waals surface area (Å²) >= 11 is 0. The Kier molecular flexibility index (Phi) is 5.72. The highest BCUT2D eigenvalue weighted by Gasteiger charge is 2.52. The normalized spacial score (nSPS) is 18.3. The molecule has 1 heterocycles. The largest absolute Gasteiger partial charge is 0.344 e. The molecular weight excluding hydrogens is 380 g/mol. The number of amides is 4. The summed E-state index contributed by atoms with van der Waals surface area (Å²) in [6, 6.07) is 14.0. The molecule has 0 aromatic heterocycles. The maximum absolute atomic E-state index is 12.7. The van der Waals surface area contributed by atoms with E-state index < -0.39 is 11.6 Å². The number of nitrogens with one attached hydrogen (secondary N) is 2. The van der Waals surface area contributed by atoms with Gasteiger partial charge in [0.15, 0.2) is 0 Å². The van der Waals surface area contributed by atoms with Crippen LogP contribution in [0.5, 0.6) is 0 Å². The summed E-state index contributed by atoms with van der Waals surface area (Å²) in [5.41, 5.74) is 2.85. The van der Waals surface area contributed by atoms with Crippen LogP contribution in [-0.2, 0) is 16.1 Å². The Morgan fingerprint density at radius 3 is 2.60 bits per heavy atom. The van der Waals surface area contributed by atoms with Crippen LogP contribution < -0.4 is 10.7 Å². The summed E-state index contributed by atoms with van der Waals surface area (Å²) in [6.45, 7) is 1.23. The van der Waals surface area contributed by atoms with E-state index >= 15 is 0 Å². The molecule has 2 N–H and O–H groups in total. The third kappa shape index (κ3) is 4.16. The summed E-state index contributed by atoms with van der Waals surface area (Å²) in [7, 11) is 1.95. The Hall–Kier alpha value is -2.93. The fourth-order valence-electron chi connectivity index (χ4n) is 4.42. The number of hydrazine groups is 1. The van der Waals surface area contributed by atoms with Crippen molar-refractivity contribution in [3.8, 4) is 0 Å². The van der Waals surface area contributed by atoms with Crippen molar-refractivity contribution >= 4 is 28.6 Å². The number of carbonyl (C=O) groups is 3. The Labute approximate surface area is 176 Å². The monoisotopic (exact) mass is 408 g/mol. The van der Waals surface area contributed by atoms with Crippen LogP contribution in [-0.4, -0.2) is 46.9 Å². The molecule has 30 heavy (non-hydrogen) atoms. The van der Waals surface area contributed by atoms with E-state index in [2.05, 4.69) is 46.0 Å². The minimum absolute atomic E-state index is 0.203. The molecule has 4 amide bonds. The van der Waals surface area contributed by atoms with Crippen LogP contribution in [0, 0.1) is 0 Å². The topological polar surface area (TPSA) is 81.8 Å². The standard InChI is InChI=1S/C23H28N4O3/c1-26(16-17-9-10-18-7-3-4-8-19(18)15-17)14-11-20(28)25-27-21(29)23(24-22(27)30)12-5-2-6-13-23/h3-4,7-10,15H,2,5-6,11-14,16H2,1H3,(H,24,30)(H,25,28). The first-order valence-corrected chi connectivity index (χ1v) is 10.6. The van der Waals surface area contributed by atoms with Crippen molar-refractivity contribution in [2.24, 2.45) is 0 Å². The first-order valence-electron chi connectivity index (χ1n) is 10.6. The average molecular weight is 409 g/mol. The zero-order chi connectivity index (χ0) is 21.1. The van der Waals surface area contributed by atoms with Crippen LogP contribution in [0.15, 0.2) is 42.5 Å². The van der Waals surface area contributed by atoms with Crippen molar-refractivity contribution in [3.05, 3.63) is 48.0 Å². The summed E-state index contributed by atoms with van der Waals surface area (Å²) in [6.07, 6.45) is 4.37. The highest BCUT2D eigenvalue weighted by Crippen LogP contribution is 2.33. The predicted molar refractivity (Wildman–Crippen MR) is 114 cm³/mol. The lowest BCUT2D eigenvalue weighted by atomic mass is 9.82. The highest BCUT2D eigenvalue weighted by molar-refractivity contribution is 6.08. The number of hydrogen-bond acceptors (Lipinski definition) is 4. The van der Waals surface area contributed by atoms with Crippen molar-refractivity contribution in [1.82, 2.24) is 20.7 Å². The molecule has 158 valence electrons. The van der Waals surface area contributed by atoms with Crippen LogP contribution >= 0.6 is 0 Å². The first kappa shape index (κ1) is 20.3. The maximum atomic E-state index is 12.7. The first-order chi connectivity index (χ1) is 14.5. The predicted octanol–water partition coefficient (Wildman–Crippen LogP) is 2.95. The molecule has 2 aromatic carbocycles. The van der Waals surface area contributed by atoms with E-state index in [0.29, 0.717) is 25.9 Å². The van der Waals surface area contributed by atoms with E-state index in [9.17, 15) is 14.4 Å². The number of benzene rings is 2. The molecule has 1 aliphatic carbocycles. The fourth-order valence-corrected chi connectivity index (χ4v) is 4.42. The minimum atomic E-state index is -0.824. The quantitative estimate of drug-likeness (QED) is 0.720. The lowest BCUT2D eigenvalue weighted by Crippen LogP contribution is -2.51. The van der Waals surface area contributed by atoms with Crippen LogP contribution in [0.4, 0.5) is 4.79 Å². The van der Waals surface area contributed by atoms with E-state index in [0.717, 1.165) is 24.3 Å². The molecule has 7 nitrogen and oxygen atoms in total. The molecule has 1 saturated heterocycles. The number of fused-ring (bicyclic) bond motifs is 1. The Morgan fingerprint density at radius 1 is 1.10 bits per heavy atom. The zero-order valence-corrected chi connectivity index (χ0v) is 17.3. The summed E-state index contributed by atoms with van der Waals surface area (Å²) in [4.78, 5) is 39.4. The SMILES string of the molecule is CN(CCC(=O)NN1C(=O)NC2(CCCCC2)C1=O)Cc1ccc2ccccc2c1. The Morgan fingerprint density at radius 2 is 1.83 bits per heavy atom.